The SMILES string of the molecule is COC(=O)c1cnc(-c2cc(OC)ncc2Cl)c(C)n1. The maximum atomic E-state index is 11.4. The van der Waals surface area contributed by atoms with Gasteiger partial charge in [-0.15, -0.1) is 0 Å². The summed E-state index contributed by atoms with van der Waals surface area (Å²) in [6.45, 7) is 1.73. The van der Waals surface area contributed by atoms with Crippen molar-refractivity contribution in [3.8, 4) is 17.1 Å². The van der Waals surface area contributed by atoms with E-state index in [4.69, 9.17) is 16.3 Å². The second-order valence-corrected chi connectivity index (χ2v) is 4.29. The molecule has 0 bridgehead atoms. The normalized spacial score (nSPS) is 10.2. The molecular formula is C13H12ClN3O3. The van der Waals surface area contributed by atoms with Crippen LogP contribution in [0.5, 0.6) is 5.88 Å². The molecule has 0 N–H and O–H groups in total. The van der Waals surface area contributed by atoms with Crippen molar-refractivity contribution >= 4 is 17.6 Å². The third kappa shape index (κ3) is 2.70. The topological polar surface area (TPSA) is 74.2 Å². The van der Waals surface area contributed by atoms with Gasteiger partial charge in [-0.1, -0.05) is 11.6 Å². The average Bonchev–Trinajstić information content (AvgIpc) is 2.47. The standard InChI is InChI=1S/C13H12ClN3O3/c1-7-12(16-6-10(17-7)13(18)20-3)8-4-11(19-2)15-5-9(8)14/h4-6H,1-3H3. The largest absolute Gasteiger partial charge is 0.481 e. The van der Waals surface area contributed by atoms with E-state index in [1.165, 1.54) is 26.6 Å². The van der Waals surface area contributed by atoms with Crippen LogP contribution in [0.15, 0.2) is 18.5 Å². The molecule has 0 saturated carbocycles. The first-order valence-corrected chi connectivity index (χ1v) is 6.06. The number of esters is 1. The molecule has 6 nitrogen and oxygen atoms in total. The van der Waals surface area contributed by atoms with Crippen LogP contribution in [0.3, 0.4) is 0 Å². The Morgan fingerprint density at radius 2 is 2.00 bits per heavy atom. The quantitative estimate of drug-likeness (QED) is 0.808. The average molecular weight is 294 g/mol. The number of halogens is 1. The molecule has 20 heavy (non-hydrogen) atoms. The van der Waals surface area contributed by atoms with Gasteiger partial charge in [-0.05, 0) is 6.92 Å². The maximum Gasteiger partial charge on any atom is 0.358 e. The van der Waals surface area contributed by atoms with Gasteiger partial charge < -0.3 is 9.47 Å². The summed E-state index contributed by atoms with van der Waals surface area (Å²) in [5.41, 5.74) is 1.90. The van der Waals surface area contributed by atoms with Gasteiger partial charge in [-0.3, -0.25) is 4.98 Å². The minimum Gasteiger partial charge on any atom is -0.481 e. The van der Waals surface area contributed by atoms with Crippen LogP contribution in [0.25, 0.3) is 11.3 Å². The highest BCUT2D eigenvalue weighted by molar-refractivity contribution is 6.33. The van der Waals surface area contributed by atoms with E-state index < -0.39 is 5.97 Å². The van der Waals surface area contributed by atoms with Gasteiger partial charge in [0.25, 0.3) is 0 Å². The molecule has 0 aromatic carbocycles. The summed E-state index contributed by atoms with van der Waals surface area (Å²) < 4.78 is 9.66. The molecule has 0 saturated heterocycles. The van der Waals surface area contributed by atoms with E-state index in [9.17, 15) is 4.79 Å². The molecule has 0 aliphatic heterocycles. The Bertz CT molecular complexity index is 661. The number of carbonyl (C=O) groups is 1. The van der Waals surface area contributed by atoms with Crippen molar-refractivity contribution in [3.05, 3.63) is 34.9 Å². The van der Waals surface area contributed by atoms with Crippen LogP contribution < -0.4 is 4.74 Å². The minimum absolute atomic E-state index is 0.144. The van der Waals surface area contributed by atoms with Gasteiger partial charge in [0.05, 0.1) is 43.0 Å². The van der Waals surface area contributed by atoms with Gasteiger partial charge in [0.15, 0.2) is 5.69 Å². The molecule has 0 fully saturated rings. The Balaban J connectivity index is 2.51. The highest BCUT2D eigenvalue weighted by Crippen LogP contribution is 2.30. The molecule has 2 rings (SSSR count). The van der Waals surface area contributed by atoms with Crippen molar-refractivity contribution < 1.29 is 14.3 Å². The molecule has 0 atom stereocenters. The molecule has 0 aliphatic rings. The summed E-state index contributed by atoms with van der Waals surface area (Å²) in [6.07, 6.45) is 2.82. The van der Waals surface area contributed by atoms with Gasteiger partial charge >= 0.3 is 5.97 Å². The summed E-state index contributed by atoms with van der Waals surface area (Å²) in [6, 6.07) is 1.66. The third-order valence-electron chi connectivity index (χ3n) is 2.64. The van der Waals surface area contributed by atoms with Gasteiger partial charge in [0, 0.05) is 11.6 Å². The molecular weight excluding hydrogens is 282 g/mol. The molecule has 7 heteroatoms. The summed E-state index contributed by atoms with van der Waals surface area (Å²) in [5, 5.41) is 0.425. The molecule has 104 valence electrons. The minimum atomic E-state index is -0.537. The third-order valence-corrected chi connectivity index (χ3v) is 2.94. The number of hydrogen-bond donors (Lipinski definition) is 0. The molecule has 2 aromatic rings. The monoisotopic (exact) mass is 293 g/mol. The van der Waals surface area contributed by atoms with Crippen LogP contribution in [-0.2, 0) is 4.74 Å². The Labute approximate surface area is 120 Å². The lowest BCUT2D eigenvalue weighted by Gasteiger charge is -2.08. The fourth-order valence-electron chi connectivity index (χ4n) is 1.66. The molecule has 2 heterocycles. The number of aryl methyl sites for hydroxylation is 1. The molecule has 2 aromatic heterocycles. The van der Waals surface area contributed by atoms with Crippen LogP contribution in [0.1, 0.15) is 16.2 Å². The second-order valence-electron chi connectivity index (χ2n) is 3.89. The Hall–Kier alpha value is -2.21. The summed E-state index contributed by atoms with van der Waals surface area (Å²) in [5.74, 6) is -0.117. The number of nitrogens with zero attached hydrogens (tertiary/aromatic N) is 3. The number of hydrogen-bond acceptors (Lipinski definition) is 6. The molecule has 0 aliphatic carbocycles. The molecule has 0 spiro atoms. The fraction of sp³-hybridized carbons (Fsp3) is 0.231. The highest BCUT2D eigenvalue weighted by atomic mass is 35.5. The van der Waals surface area contributed by atoms with E-state index >= 15 is 0 Å². The van der Waals surface area contributed by atoms with Crippen LogP contribution in [0.4, 0.5) is 0 Å². The van der Waals surface area contributed by atoms with E-state index in [1.807, 2.05) is 0 Å². The van der Waals surface area contributed by atoms with Crippen LogP contribution in [0.2, 0.25) is 5.02 Å². The first-order valence-electron chi connectivity index (χ1n) is 5.68. The van der Waals surface area contributed by atoms with Gasteiger partial charge in [0.1, 0.15) is 0 Å². The van der Waals surface area contributed by atoms with Crippen molar-refractivity contribution in [2.45, 2.75) is 6.92 Å². The summed E-state index contributed by atoms with van der Waals surface area (Å²) >= 11 is 6.11. The number of ether oxygens (including phenoxy) is 2. The zero-order chi connectivity index (χ0) is 14.7. The van der Waals surface area contributed by atoms with Crippen molar-refractivity contribution in [2.24, 2.45) is 0 Å². The number of methoxy groups -OCH3 is 2. The van der Waals surface area contributed by atoms with Crippen LogP contribution >= 0.6 is 11.6 Å². The zero-order valence-corrected chi connectivity index (χ0v) is 11.9. The maximum absolute atomic E-state index is 11.4. The Morgan fingerprint density at radius 1 is 1.25 bits per heavy atom. The Kier molecular flexibility index (Phi) is 4.14. The second kappa shape index (κ2) is 5.83. The van der Waals surface area contributed by atoms with E-state index in [2.05, 4.69) is 19.7 Å². The van der Waals surface area contributed by atoms with Crippen molar-refractivity contribution in [2.75, 3.05) is 14.2 Å². The van der Waals surface area contributed by atoms with Crippen molar-refractivity contribution in [1.82, 2.24) is 15.0 Å². The fourth-order valence-corrected chi connectivity index (χ4v) is 1.85. The molecule has 0 amide bonds. The van der Waals surface area contributed by atoms with Crippen LogP contribution in [-0.4, -0.2) is 35.1 Å². The smallest absolute Gasteiger partial charge is 0.358 e. The van der Waals surface area contributed by atoms with E-state index in [-0.39, 0.29) is 5.69 Å². The lowest BCUT2D eigenvalue weighted by Crippen LogP contribution is -2.07. The lowest BCUT2D eigenvalue weighted by molar-refractivity contribution is 0.0593. The van der Waals surface area contributed by atoms with E-state index in [0.717, 1.165) is 0 Å². The van der Waals surface area contributed by atoms with Gasteiger partial charge in [-0.2, -0.15) is 0 Å². The molecule has 0 unspecified atom stereocenters. The number of rotatable bonds is 3. The van der Waals surface area contributed by atoms with E-state index in [1.54, 1.807) is 13.0 Å². The first-order chi connectivity index (χ1) is 9.56. The van der Waals surface area contributed by atoms with Crippen LogP contribution in [0, 0.1) is 6.92 Å². The van der Waals surface area contributed by atoms with Gasteiger partial charge in [0.2, 0.25) is 5.88 Å². The number of carbonyl (C=O) groups excluding carboxylic acids is 1. The zero-order valence-electron chi connectivity index (χ0n) is 11.2. The lowest BCUT2D eigenvalue weighted by atomic mass is 10.1. The predicted octanol–water partition coefficient (Wildman–Crippen LogP) is 2.30. The predicted molar refractivity (Wildman–Crippen MR) is 72.9 cm³/mol. The summed E-state index contributed by atoms with van der Waals surface area (Å²) in [4.78, 5) is 23.8. The van der Waals surface area contributed by atoms with E-state index in [0.29, 0.717) is 27.9 Å². The van der Waals surface area contributed by atoms with Crippen molar-refractivity contribution in [1.29, 1.82) is 0 Å². The van der Waals surface area contributed by atoms with Crippen molar-refractivity contribution in [3.63, 3.8) is 0 Å². The number of aromatic nitrogens is 3. The summed E-state index contributed by atoms with van der Waals surface area (Å²) in [7, 11) is 2.80. The molecule has 0 radical (unpaired) electrons. The number of pyridine rings is 1. The first kappa shape index (κ1) is 14.2. The van der Waals surface area contributed by atoms with Gasteiger partial charge in [-0.25, -0.2) is 14.8 Å². The Morgan fingerprint density at radius 3 is 2.60 bits per heavy atom. The highest BCUT2D eigenvalue weighted by Gasteiger charge is 2.15.